The molecule has 5 nitrogen and oxygen atoms in total. The summed E-state index contributed by atoms with van der Waals surface area (Å²) in [6.45, 7) is -0.912. The Morgan fingerprint density at radius 2 is 2.00 bits per heavy atom. The Morgan fingerprint density at radius 1 is 1.23 bits per heavy atom. The molecule has 0 aliphatic heterocycles. The van der Waals surface area contributed by atoms with Crippen molar-refractivity contribution in [2.24, 2.45) is 0 Å². The van der Waals surface area contributed by atoms with E-state index in [4.69, 9.17) is 5.11 Å². The summed E-state index contributed by atoms with van der Waals surface area (Å²) >= 11 is 0. The number of aliphatic carboxylic acids is 1. The number of hydrogen-bond donors (Lipinski definition) is 2. The van der Waals surface area contributed by atoms with Gasteiger partial charge in [-0.25, -0.2) is 9.37 Å². The molecule has 2 N–H and O–H groups in total. The van der Waals surface area contributed by atoms with E-state index in [9.17, 15) is 18.0 Å². The van der Waals surface area contributed by atoms with Crippen molar-refractivity contribution in [3.8, 4) is 0 Å². The number of carboxylic acid groups (broad SMARTS) is 1. The van der Waals surface area contributed by atoms with Crippen LogP contribution in [0.5, 0.6) is 0 Å². The quantitative estimate of drug-likeness (QED) is 0.857. The molecule has 2 aromatic heterocycles. The van der Waals surface area contributed by atoms with Gasteiger partial charge in [-0.1, -0.05) is 6.07 Å². The number of halogens is 3. The van der Waals surface area contributed by atoms with Crippen LogP contribution in [0.1, 0.15) is 11.3 Å². The lowest BCUT2D eigenvalue weighted by molar-refractivity contribution is -0.136. The summed E-state index contributed by atoms with van der Waals surface area (Å²) in [6, 6.07) is 5.27. The predicted molar refractivity (Wildman–Crippen MR) is 72.2 cm³/mol. The maximum absolute atomic E-state index is 14.0. The lowest BCUT2D eigenvalue weighted by atomic mass is 10.1. The van der Waals surface area contributed by atoms with Gasteiger partial charge in [0, 0.05) is 18.0 Å². The Balaban J connectivity index is 2.13. The fraction of sp³-hybridized carbons (Fsp3) is 0.214. The largest absolute Gasteiger partial charge is 0.481 e. The van der Waals surface area contributed by atoms with Crippen molar-refractivity contribution in [3.05, 3.63) is 53.7 Å². The second-order valence-electron chi connectivity index (χ2n) is 4.48. The van der Waals surface area contributed by atoms with Gasteiger partial charge in [-0.05, 0) is 18.2 Å². The Morgan fingerprint density at radius 3 is 2.64 bits per heavy atom. The average Bonchev–Trinajstić information content (AvgIpc) is 2.49. The Bertz CT molecular complexity index is 666. The van der Waals surface area contributed by atoms with Crippen LogP contribution in [0.2, 0.25) is 0 Å². The molecular formula is C14H12F3N3O2. The molecule has 0 aliphatic rings. The first-order valence-corrected chi connectivity index (χ1v) is 6.28. The highest BCUT2D eigenvalue weighted by molar-refractivity contribution is 5.70. The van der Waals surface area contributed by atoms with Crippen LogP contribution in [-0.4, -0.2) is 27.6 Å². The summed E-state index contributed by atoms with van der Waals surface area (Å²) in [4.78, 5) is 17.8. The number of carboxylic acids is 1. The Labute approximate surface area is 123 Å². The molecule has 2 aromatic rings. The monoisotopic (exact) mass is 311 g/mol. The SMILES string of the molecule is O=C(O)Cc1ccnc(NCC(F)(F)c2ccccn2)c1F. The van der Waals surface area contributed by atoms with Gasteiger partial charge in [0.2, 0.25) is 0 Å². The van der Waals surface area contributed by atoms with Crippen molar-refractivity contribution in [2.45, 2.75) is 12.3 Å². The fourth-order valence-corrected chi connectivity index (χ4v) is 1.77. The van der Waals surface area contributed by atoms with Crippen molar-refractivity contribution < 1.29 is 23.1 Å². The molecule has 0 aromatic carbocycles. The van der Waals surface area contributed by atoms with Gasteiger partial charge in [0.1, 0.15) is 5.69 Å². The molecule has 0 fully saturated rings. The molecule has 0 saturated heterocycles. The molecule has 0 saturated carbocycles. The first-order chi connectivity index (χ1) is 10.4. The van der Waals surface area contributed by atoms with Crippen LogP contribution in [-0.2, 0) is 17.1 Å². The zero-order chi connectivity index (χ0) is 16.2. The maximum atomic E-state index is 14.0. The minimum absolute atomic E-state index is 0.133. The molecule has 2 heterocycles. The number of pyridine rings is 2. The van der Waals surface area contributed by atoms with Crippen LogP contribution in [0.15, 0.2) is 36.7 Å². The van der Waals surface area contributed by atoms with Gasteiger partial charge >= 0.3 is 11.9 Å². The van der Waals surface area contributed by atoms with Gasteiger partial charge in [-0.3, -0.25) is 9.78 Å². The molecule has 8 heteroatoms. The van der Waals surface area contributed by atoms with Crippen LogP contribution in [0.3, 0.4) is 0 Å². The minimum atomic E-state index is -3.32. The van der Waals surface area contributed by atoms with E-state index in [1.165, 1.54) is 24.4 Å². The third kappa shape index (κ3) is 3.72. The molecule has 0 amide bonds. The number of aromatic nitrogens is 2. The first-order valence-electron chi connectivity index (χ1n) is 6.28. The zero-order valence-electron chi connectivity index (χ0n) is 11.3. The van der Waals surface area contributed by atoms with E-state index in [0.717, 1.165) is 12.3 Å². The molecule has 0 bridgehead atoms. The average molecular weight is 311 g/mol. The summed E-state index contributed by atoms with van der Waals surface area (Å²) in [7, 11) is 0. The molecule has 2 rings (SSSR count). The highest BCUT2D eigenvalue weighted by Gasteiger charge is 2.33. The number of rotatable bonds is 6. The normalized spacial score (nSPS) is 11.2. The molecule has 0 atom stereocenters. The number of alkyl halides is 2. The predicted octanol–water partition coefficient (Wildman–Crippen LogP) is 2.45. The lowest BCUT2D eigenvalue weighted by Crippen LogP contribution is -2.26. The molecule has 0 aliphatic carbocycles. The summed E-state index contributed by atoms with van der Waals surface area (Å²) < 4.78 is 41.8. The van der Waals surface area contributed by atoms with E-state index < -0.39 is 42.2 Å². The van der Waals surface area contributed by atoms with Crippen molar-refractivity contribution in [1.82, 2.24) is 9.97 Å². The van der Waals surface area contributed by atoms with Crippen LogP contribution in [0.25, 0.3) is 0 Å². The van der Waals surface area contributed by atoms with E-state index in [-0.39, 0.29) is 5.56 Å². The van der Waals surface area contributed by atoms with Gasteiger partial charge in [-0.15, -0.1) is 0 Å². The van der Waals surface area contributed by atoms with Gasteiger partial charge in [-0.2, -0.15) is 8.78 Å². The Kier molecular flexibility index (Phi) is 4.59. The van der Waals surface area contributed by atoms with Crippen LogP contribution in [0, 0.1) is 5.82 Å². The van der Waals surface area contributed by atoms with Gasteiger partial charge in [0.25, 0.3) is 0 Å². The zero-order valence-corrected chi connectivity index (χ0v) is 11.3. The number of nitrogens with one attached hydrogen (secondary N) is 1. The van der Waals surface area contributed by atoms with E-state index in [2.05, 4.69) is 15.3 Å². The summed E-state index contributed by atoms with van der Waals surface area (Å²) in [5.74, 6) is -5.93. The van der Waals surface area contributed by atoms with Crippen molar-refractivity contribution in [3.63, 3.8) is 0 Å². The first kappa shape index (κ1) is 15.7. The van der Waals surface area contributed by atoms with E-state index in [0.29, 0.717) is 0 Å². The standard InChI is InChI=1S/C14H12F3N3O2/c15-12-9(7-11(21)22)4-6-19-13(12)20-8-14(16,17)10-3-1-2-5-18-10/h1-6H,7-8H2,(H,19,20)(H,21,22). The minimum Gasteiger partial charge on any atom is -0.481 e. The van der Waals surface area contributed by atoms with Gasteiger partial charge < -0.3 is 10.4 Å². The van der Waals surface area contributed by atoms with E-state index >= 15 is 0 Å². The number of anilines is 1. The van der Waals surface area contributed by atoms with Crippen molar-refractivity contribution in [2.75, 3.05) is 11.9 Å². The van der Waals surface area contributed by atoms with Crippen LogP contribution >= 0.6 is 0 Å². The highest BCUT2D eigenvalue weighted by Crippen LogP contribution is 2.27. The molecular weight excluding hydrogens is 299 g/mol. The second-order valence-corrected chi connectivity index (χ2v) is 4.48. The maximum Gasteiger partial charge on any atom is 0.307 e. The molecule has 22 heavy (non-hydrogen) atoms. The second kappa shape index (κ2) is 6.42. The third-order valence-corrected chi connectivity index (χ3v) is 2.83. The van der Waals surface area contributed by atoms with E-state index in [1.54, 1.807) is 0 Å². The van der Waals surface area contributed by atoms with Gasteiger partial charge in [0.05, 0.1) is 13.0 Å². The molecule has 0 radical (unpaired) electrons. The smallest absolute Gasteiger partial charge is 0.307 e. The third-order valence-electron chi connectivity index (χ3n) is 2.83. The van der Waals surface area contributed by atoms with E-state index in [1.807, 2.05) is 0 Å². The lowest BCUT2D eigenvalue weighted by Gasteiger charge is -2.17. The number of hydrogen-bond acceptors (Lipinski definition) is 4. The topological polar surface area (TPSA) is 75.1 Å². The highest BCUT2D eigenvalue weighted by atomic mass is 19.3. The fourth-order valence-electron chi connectivity index (χ4n) is 1.77. The number of nitrogens with zero attached hydrogens (tertiary/aromatic N) is 2. The van der Waals surface area contributed by atoms with Crippen LogP contribution in [0.4, 0.5) is 19.0 Å². The van der Waals surface area contributed by atoms with Crippen molar-refractivity contribution >= 4 is 11.8 Å². The molecule has 0 unspecified atom stereocenters. The number of carbonyl (C=O) groups is 1. The van der Waals surface area contributed by atoms with Gasteiger partial charge in [0.15, 0.2) is 11.6 Å². The molecule has 0 spiro atoms. The Hall–Kier alpha value is -2.64. The molecule has 116 valence electrons. The summed E-state index contributed by atoms with van der Waals surface area (Å²) in [6.07, 6.45) is 1.83. The van der Waals surface area contributed by atoms with Crippen molar-refractivity contribution in [1.29, 1.82) is 0 Å². The van der Waals surface area contributed by atoms with Crippen LogP contribution < -0.4 is 5.32 Å². The summed E-state index contributed by atoms with van der Waals surface area (Å²) in [5, 5.41) is 10.9. The summed E-state index contributed by atoms with van der Waals surface area (Å²) in [5.41, 5.74) is -0.587.